The Bertz CT molecular complexity index is 410. The third-order valence-corrected chi connectivity index (χ3v) is 4.20. The maximum absolute atomic E-state index is 12.1. The van der Waals surface area contributed by atoms with Crippen LogP contribution in [0.2, 0.25) is 0 Å². The predicted octanol–water partition coefficient (Wildman–Crippen LogP) is 2.26. The maximum atomic E-state index is 12.1. The zero-order valence-electron chi connectivity index (χ0n) is 10.3. The second-order valence-electron chi connectivity index (χ2n) is 4.76. The van der Waals surface area contributed by atoms with Crippen molar-refractivity contribution in [3.05, 3.63) is 21.4 Å². The fourth-order valence-electron chi connectivity index (χ4n) is 2.17. The van der Waals surface area contributed by atoms with Crippen LogP contribution >= 0.6 is 11.3 Å². The van der Waals surface area contributed by atoms with Gasteiger partial charge in [0.1, 0.15) is 0 Å². The van der Waals surface area contributed by atoms with Crippen LogP contribution < -0.4 is 5.32 Å². The van der Waals surface area contributed by atoms with Crippen molar-refractivity contribution in [1.29, 1.82) is 0 Å². The number of amides is 1. The van der Waals surface area contributed by atoms with Gasteiger partial charge in [0.25, 0.3) is 5.91 Å². The fraction of sp³-hybridized carbons (Fsp3) is 0.615. The number of thiophene rings is 1. The number of nitrogens with one attached hydrogen (secondary N) is 1. The van der Waals surface area contributed by atoms with Crippen LogP contribution in [0.1, 0.15) is 39.4 Å². The third kappa shape index (κ3) is 3.07. The lowest BCUT2D eigenvalue weighted by molar-refractivity contribution is 0.0924. The maximum Gasteiger partial charge on any atom is 0.252 e. The molecule has 1 amide bonds. The number of carbonyl (C=O) groups excluding carboxylic acids is 1. The highest BCUT2D eigenvalue weighted by Crippen LogP contribution is 2.34. The number of aryl methyl sites for hydroxylation is 2. The summed E-state index contributed by atoms with van der Waals surface area (Å²) in [5.41, 5.74) is 0.788. The van der Waals surface area contributed by atoms with Gasteiger partial charge in [0.2, 0.25) is 0 Å². The van der Waals surface area contributed by atoms with Crippen LogP contribution in [0.4, 0.5) is 0 Å². The molecule has 1 atom stereocenters. The van der Waals surface area contributed by atoms with E-state index < -0.39 is 0 Å². The van der Waals surface area contributed by atoms with Gasteiger partial charge in [0, 0.05) is 22.4 Å². The molecule has 0 saturated heterocycles. The largest absolute Gasteiger partial charge is 0.396 e. The van der Waals surface area contributed by atoms with Gasteiger partial charge in [-0.05, 0) is 45.1 Å². The van der Waals surface area contributed by atoms with E-state index in [0.29, 0.717) is 12.3 Å². The van der Waals surface area contributed by atoms with E-state index in [2.05, 4.69) is 5.32 Å². The van der Waals surface area contributed by atoms with Gasteiger partial charge in [-0.15, -0.1) is 11.3 Å². The lowest BCUT2D eigenvalue weighted by Crippen LogP contribution is -2.37. The molecule has 1 aromatic heterocycles. The van der Waals surface area contributed by atoms with Crippen molar-refractivity contribution in [1.82, 2.24) is 5.32 Å². The number of aliphatic hydroxyl groups excluding tert-OH is 1. The Hall–Kier alpha value is -0.870. The molecular formula is C13H19NO2S. The van der Waals surface area contributed by atoms with Crippen LogP contribution in [0.3, 0.4) is 0 Å². The molecule has 94 valence electrons. The Morgan fingerprint density at radius 3 is 2.76 bits per heavy atom. The molecule has 1 aromatic rings. The summed E-state index contributed by atoms with van der Waals surface area (Å²) in [4.78, 5) is 14.3. The Morgan fingerprint density at radius 1 is 1.59 bits per heavy atom. The van der Waals surface area contributed by atoms with Crippen molar-refractivity contribution in [2.45, 2.75) is 39.2 Å². The Balaban J connectivity index is 2.02. The van der Waals surface area contributed by atoms with Gasteiger partial charge >= 0.3 is 0 Å². The molecule has 17 heavy (non-hydrogen) atoms. The molecule has 0 aliphatic heterocycles. The van der Waals surface area contributed by atoms with E-state index in [9.17, 15) is 4.79 Å². The summed E-state index contributed by atoms with van der Waals surface area (Å²) in [6.45, 7) is 4.13. The molecule has 0 radical (unpaired) electrons. The Morgan fingerprint density at radius 2 is 2.29 bits per heavy atom. The molecular weight excluding hydrogens is 234 g/mol. The van der Waals surface area contributed by atoms with Crippen LogP contribution in [0, 0.1) is 19.8 Å². The van der Waals surface area contributed by atoms with E-state index >= 15 is 0 Å². The van der Waals surface area contributed by atoms with E-state index in [1.807, 2.05) is 19.9 Å². The second-order valence-corrected chi connectivity index (χ2v) is 6.22. The highest BCUT2D eigenvalue weighted by Gasteiger charge is 2.32. The SMILES string of the molecule is Cc1cc(C(=O)NC(CCO)C2CC2)c(C)s1. The average Bonchev–Trinajstić information content (AvgIpc) is 3.04. The predicted molar refractivity (Wildman–Crippen MR) is 69.5 cm³/mol. The van der Waals surface area contributed by atoms with Crippen molar-refractivity contribution in [3.63, 3.8) is 0 Å². The quantitative estimate of drug-likeness (QED) is 0.845. The van der Waals surface area contributed by atoms with E-state index in [0.717, 1.165) is 15.3 Å². The average molecular weight is 253 g/mol. The van der Waals surface area contributed by atoms with Crippen molar-refractivity contribution in [3.8, 4) is 0 Å². The Labute approximate surface area is 106 Å². The van der Waals surface area contributed by atoms with Crippen LogP contribution in [0.5, 0.6) is 0 Å². The van der Waals surface area contributed by atoms with Crippen molar-refractivity contribution in [2.24, 2.45) is 5.92 Å². The molecule has 2 N–H and O–H groups in total. The molecule has 2 rings (SSSR count). The number of hydrogen-bond donors (Lipinski definition) is 2. The topological polar surface area (TPSA) is 49.3 Å². The number of aliphatic hydroxyl groups is 1. The first kappa shape index (κ1) is 12.6. The number of carbonyl (C=O) groups is 1. The summed E-state index contributed by atoms with van der Waals surface area (Å²) in [6, 6.07) is 2.09. The molecule has 3 nitrogen and oxygen atoms in total. The first-order chi connectivity index (χ1) is 8.11. The zero-order chi connectivity index (χ0) is 12.4. The molecule has 1 saturated carbocycles. The van der Waals surface area contributed by atoms with E-state index in [-0.39, 0.29) is 18.6 Å². The van der Waals surface area contributed by atoms with Crippen molar-refractivity contribution < 1.29 is 9.90 Å². The van der Waals surface area contributed by atoms with Gasteiger partial charge in [-0.1, -0.05) is 0 Å². The number of hydrogen-bond acceptors (Lipinski definition) is 3. The van der Waals surface area contributed by atoms with Crippen molar-refractivity contribution in [2.75, 3.05) is 6.61 Å². The minimum Gasteiger partial charge on any atom is -0.396 e. The van der Waals surface area contributed by atoms with Gasteiger partial charge in [-0.25, -0.2) is 0 Å². The summed E-state index contributed by atoms with van der Waals surface area (Å²) >= 11 is 1.65. The van der Waals surface area contributed by atoms with E-state index in [1.165, 1.54) is 12.8 Å². The molecule has 1 aliphatic carbocycles. The normalized spacial score (nSPS) is 16.9. The summed E-state index contributed by atoms with van der Waals surface area (Å²) in [5, 5.41) is 12.1. The molecule has 0 spiro atoms. The smallest absolute Gasteiger partial charge is 0.252 e. The lowest BCUT2D eigenvalue weighted by atomic mass is 10.1. The zero-order valence-corrected chi connectivity index (χ0v) is 11.1. The summed E-state index contributed by atoms with van der Waals surface area (Å²) in [6.07, 6.45) is 3.01. The van der Waals surface area contributed by atoms with Crippen LogP contribution in [-0.2, 0) is 0 Å². The minimum absolute atomic E-state index is 0.0113. The van der Waals surface area contributed by atoms with Gasteiger partial charge < -0.3 is 10.4 Å². The highest BCUT2D eigenvalue weighted by molar-refractivity contribution is 7.12. The van der Waals surface area contributed by atoms with Crippen LogP contribution in [0.25, 0.3) is 0 Å². The molecule has 1 heterocycles. The lowest BCUT2D eigenvalue weighted by Gasteiger charge is -2.16. The van der Waals surface area contributed by atoms with Crippen LogP contribution in [-0.4, -0.2) is 23.7 Å². The van der Waals surface area contributed by atoms with Gasteiger partial charge in [-0.2, -0.15) is 0 Å². The highest BCUT2D eigenvalue weighted by atomic mass is 32.1. The summed E-state index contributed by atoms with van der Waals surface area (Å²) in [5.74, 6) is 0.586. The van der Waals surface area contributed by atoms with Crippen LogP contribution in [0.15, 0.2) is 6.07 Å². The molecule has 4 heteroatoms. The molecule has 0 bridgehead atoms. The number of rotatable bonds is 5. The van der Waals surface area contributed by atoms with E-state index in [4.69, 9.17) is 5.11 Å². The van der Waals surface area contributed by atoms with Crippen molar-refractivity contribution >= 4 is 17.2 Å². The first-order valence-electron chi connectivity index (χ1n) is 6.10. The third-order valence-electron chi connectivity index (χ3n) is 3.23. The second kappa shape index (κ2) is 5.19. The minimum atomic E-state index is 0.0113. The molecule has 1 fully saturated rings. The standard InChI is InChI=1S/C13H19NO2S/c1-8-7-11(9(2)17-8)13(16)14-12(5-6-15)10-3-4-10/h7,10,12,15H,3-6H2,1-2H3,(H,14,16). The first-order valence-corrected chi connectivity index (χ1v) is 6.92. The molecule has 0 aromatic carbocycles. The molecule has 1 unspecified atom stereocenters. The van der Waals surface area contributed by atoms with Gasteiger partial charge in [0.05, 0.1) is 5.56 Å². The van der Waals surface area contributed by atoms with E-state index in [1.54, 1.807) is 11.3 Å². The monoisotopic (exact) mass is 253 g/mol. The van der Waals surface area contributed by atoms with Gasteiger partial charge in [0.15, 0.2) is 0 Å². The fourth-order valence-corrected chi connectivity index (χ4v) is 3.09. The summed E-state index contributed by atoms with van der Waals surface area (Å²) in [7, 11) is 0. The van der Waals surface area contributed by atoms with Gasteiger partial charge in [-0.3, -0.25) is 4.79 Å². The molecule has 1 aliphatic rings. The summed E-state index contributed by atoms with van der Waals surface area (Å²) < 4.78 is 0. The Kier molecular flexibility index (Phi) is 3.84.